The Kier molecular flexibility index (Phi) is 12.1. The van der Waals surface area contributed by atoms with Gasteiger partial charge in [0.1, 0.15) is 5.82 Å². The molecule has 1 atom stereocenters. The van der Waals surface area contributed by atoms with E-state index >= 15 is 0 Å². The van der Waals surface area contributed by atoms with Gasteiger partial charge in [0.25, 0.3) is 0 Å². The van der Waals surface area contributed by atoms with E-state index in [4.69, 9.17) is 9.97 Å². The summed E-state index contributed by atoms with van der Waals surface area (Å²) in [4.78, 5) is 11.4. The molecule has 1 aliphatic rings. The maximum Gasteiger partial charge on any atom is 0.179 e. The quantitative estimate of drug-likeness (QED) is 0.0902. The number of hydrogen-bond acceptors (Lipinski definition) is 2. The Morgan fingerprint density at radius 3 is 1.44 bits per heavy atom. The molecule has 75 heavy (non-hydrogen) atoms. The van der Waals surface area contributed by atoms with Gasteiger partial charge < -0.3 is 0 Å². The fourth-order valence-electron chi connectivity index (χ4n) is 12.2. The SMILES string of the molecule is C1=CCC([Si](c2ccccc2)(c2ccccc2)c2cccc(-c3cc(-n4c5ccccc5c5cc(-c6ccccc6)ccc54)nc(-c4cccc([Si](c5ccccc5)(c5ccccc5)c5ccccc5)c4)n3)c2)C=C1. The number of nitrogens with zero attached hydrogens (tertiary/aromatic N) is 3. The first-order valence-corrected chi connectivity index (χ1v) is 30.1. The molecule has 0 bridgehead atoms. The Labute approximate surface area is 441 Å². The largest absolute Gasteiger partial charge is 0.294 e. The molecule has 0 radical (unpaired) electrons. The summed E-state index contributed by atoms with van der Waals surface area (Å²) in [6.45, 7) is 0. The monoisotopic (exact) mass is 991 g/mol. The van der Waals surface area contributed by atoms with Crippen LogP contribution in [0.25, 0.3) is 61.4 Å². The lowest BCUT2D eigenvalue weighted by molar-refractivity contribution is 0.997. The van der Waals surface area contributed by atoms with Crippen molar-refractivity contribution in [2.45, 2.75) is 12.0 Å². The number of aromatic nitrogens is 3. The van der Waals surface area contributed by atoms with E-state index in [-0.39, 0.29) is 0 Å². The highest BCUT2D eigenvalue weighted by Crippen LogP contribution is 2.37. The number of hydrogen-bond donors (Lipinski definition) is 0. The third-order valence-electron chi connectivity index (χ3n) is 15.5. The van der Waals surface area contributed by atoms with Gasteiger partial charge in [0.05, 0.1) is 16.7 Å². The molecule has 0 N–H and O–H groups in total. The molecule has 13 rings (SSSR count). The minimum absolute atomic E-state index is 0.295. The summed E-state index contributed by atoms with van der Waals surface area (Å²) < 4.78 is 2.35. The van der Waals surface area contributed by atoms with E-state index in [0.29, 0.717) is 11.4 Å². The van der Waals surface area contributed by atoms with Crippen LogP contribution >= 0.6 is 0 Å². The number of allylic oxidation sites excluding steroid dienone is 4. The van der Waals surface area contributed by atoms with Crippen molar-refractivity contribution >= 4 is 74.3 Å². The van der Waals surface area contributed by atoms with Crippen molar-refractivity contribution in [2.24, 2.45) is 0 Å². The Bertz CT molecular complexity index is 3890. The van der Waals surface area contributed by atoms with E-state index in [1.807, 2.05) is 0 Å². The summed E-state index contributed by atoms with van der Waals surface area (Å²) >= 11 is 0. The molecule has 0 saturated carbocycles. The van der Waals surface area contributed by atoms with Gasteiger partial charge >= 0.3 is 0 Å². The lowest BCUT2D eigenvalue weighted by Crippen LogP contribution is -2.74. The number of benzene rings is 10. The van der Waals surface area contributed by atoms with Crippen LogP contribution in [0.1, 0.15) is 6.42 Å². The summed E-state index contributed by atoms with van der Waals surface area (Å²) in [5, 5.41) is 11.7. The maximum absolute atomic E-state index is 5.70. The molecule has 1 aliphatic carbocycles. The molecule has 12 aromatic rings. The van der Waals surface area contributed by atoms with E-state index in [9.17, 15) is 0 Å². The second-order valence-corrected chi connectivity index (χ2v) is 27.5. The second-order valence-electron chi connectivity index (χ2n) is 19.6. The predicted octanol–water partition coefficient (Wildman–Crippen LogP) is 12.3. The zero-order valence-corrected chi connectivity index (χ0v) is 43.5. The topological polar surface area (TPSA) is 30.7 Å². The molecule has 10 aromatic carbocycles. The Balaban J connectivity index is 1.07. The minimum Gasteiger partial charge on any atom is -0.294 e. The van der Waals surface area contributed by atoms with E-state index < -0.39 is 16.1 Å². The fraction of sp³-hybridized carbons (Fsp3) is 0.0286. The van der Waals surface area contributed by atoms with Crippen molar-refractivity contribution < 1.29 is 0 Å². The molecule has 0 aliphatic heterocycles. The van der Waals surface area contributed by atoms with Crippen LogP contribution in [-0.2, 0) is 0 Å². The lowest BCUT2D eigenvalue weighted by Gasteiger charge is -2.40. The van der Waals surface area contributed by atoms with Crippen LogP contribution in [0.3, 0.4) is 0 Å². The van der Waals surface area contributed by atoms with Gasteiger partial charge in [-0.05, 0) is 77.6 Å². The van der Waals surface area contributed by atoms with E-state index in [2.05, 4.69) is 308 Å². The summed E-state index contributed by atoms with van der Waals surface area (Å²) in [6, 6.07) is 103. The second kappa shape index (κ2) is 19.8. The number of para-hydroxylation sites is 1. The molecule has 0 spiro atoms. The summed E-state index contributed by atoms with van der Waals surface area (Å²) in [7, 11) is -5.64. The molecule has 0 saturated heterocycles. The molecule has 0 fully saturated rings. The average molecular weight is 992 g/mol. The van der Waals surface area contributed by atoms with Crippen LogP contribution in [-0.4, -0.2) is 30.7 Å². The van der Waals surface area contributed by atoms with Crippen molar-refractivity contribution in [3.8, 4) is 39.6 Å². The molecular weight excluding hydrogens is 939 g/mol. The molecule has 5 heteroatoms. The van der Waals surface area contributed by atoms with Crippen LogP contribution in [0.4, 0.5) is 0 Å². The van der Waals surface area contributed by atoms with Gasteiger partial charge in [-0.3, -0.25) is 4.57 Å². The maximum atomic E-state index is 5.70. The van der Waals surface area contributed by atoms with Crippen molar-refractivity contribution in [2.75, 3.05) is 0 Å². The van der Waals surface area contributed by atoms with E-state index in [1.54, 1.807) is 0 Å². The smallest absolute Gasteiger partial charge is 0.179 e. The van der Waals surface area contributed by atoms with Gasteiger partial charge in [0, 0.05) is 28.0 Å². The molecule has 2 heterocycles. The highest BCUT2D eigenvalue weighted by molar-refractivity contribution is 7.20. The van der Waals surface area contributed by atoms with Gasteiger partial charge in [-0.1, -0.05) is 279 Å². The van der Waals surface area contributed by atoms with Crippen molar-refractivity contribution in [3.05, 3.63) is 303 Å². The fourth-order valence-corrected chi connectivity index (χ4v) is 22.3. The van der Waals surface area contributed by atoms with Gasteiger partial charge in [-0.15, -0.1) is 0 Å². The first-order valence-electron chi connectivity index (χ1n) is 26.0. The molecule has 1 unspecified atom stereocenters. The zero-order valence-electron chi connectivity index (χ0n) is 41.5. The van der Waals surface area contributed by atoms with E-state index in [1.165, 1.54) is 58.2 Å². The van der Waals surface area contributed by atoms with Crippen molar-refractivity contribution in [3.63, 3.8) is 0 Å². The third-order valence-corrected chi connectivity index (χ3v) is 25.5. The van der Waals surface area contributed by atoms with Gasteiger partial charge in [0.2, 0.25) is 0 Å². The molecule has 0 amide bonds. The van der Waals surface area contributed by atoms with Crippen molar-refractivity contribution in [1.82, 2.24) is 14.5 Å². The Morgan fingerprint density at radius 1 is 0.347 bits per heavy atom. The first kappa shape index (κ1) is 45.8. The minimum atomic E-state index is -2.89. The molecular formula is C70H53N3Si2. The Hall–Kier alpha value is -9.01. The zero-order chi connectivity index (χ0) is 50.0. The first-order chi connectivity index (χ1) is 37.2. The van der Waals surface area contributed by atoms with Crippen LogP contribution in [0.15, 0.2) is 303 Å². The Morgan fingerprint density at radius 2 is 0.840 bits per heavy atom. The van der Waals surface area contributed by atoms with E-state index in [0.717, 1.165) is 40.1 Å². The summed E-state index contributed by atoms with van der Waals surface area (Å²) in [5.74, 6) is 1.49. The average Bonchev–Trinajstić information content (AvgIpc) is 3.87. The molecule has 356 valence electrons. The lowest BCUT2D eigenvalue weighted by atomic mass is 10.0. The van der Waals surface area contributed by atoms with Crippen LogP contribution in [0.5, 0.6) is 0 Å². The van der Waals surface area contributed by atoms with Gasteiger partial charge in [0.15, 0.2) is 22.0 Å². The highest BCUT2D eigenvalue weighted by Gasteiger charge is 2.46. The van der Waals surface area contributed by atoms with Crippen molar-refractivity contribution in [1.29, 1.82) is 0 Å². The van der Waals surface area contributed by atoms with Gasteiger partial charge in [-0.25, -0.2) is 9.97 Å². The summed E-state index contributed by atoms with van der Waals surface area (Å²) in [6.07, 6.45) is 10.2. The number of rotatable bonds is 12. The molecule has 2 aromatic heterocycles. The van der Waals surface area contributed by atoms with Gasteiger partial charge in [-0.2, -0.15) is 0 Å². The number of fused-ring (bicyclic) bond motifs is 3. The highest BCUT2D eigenvalue weighted by atomic mass is 28.3. The summed E-state index contributed by atoms with van der Waals surface area (Å²) in [5.41, 5.74) is 7.74. The standard InChI is InChI=1S/C70H53N3Si2/c1-8-26-52(27-9-1)53-46-47-68-65(50-53)64-44-22-23-45-67(64)73(68)69-51-66(54-28-24-42-62(48-54)74(56-30-10-2-11-31-56,57-32-12-3-13-33-57)58-34-14-4-15-35-58)71-70(72-69)55-29-25-43-63(49-55)75(59-36-16-5-17-37-59,60-38-18-6-19-39-60)61-40-20-7-21-41-61/h1-34,36-51,58H,35H2. The van der Waals surface area contributed by atoms with Crippen LogP contribution < -0.4 is 36.3 Å². The molecule has 3 nitrogen and oxygen atoms in total. The third kappa shape index (κ3) is 8.05. The normalized spacial score (nSPS) is 13.6. The van der Waals surface area contributed by atoms with Crippen LogP contribution in [0.2, 0.25) is 5.54 Å². The predicted molar refractivity (Wildman–Crippen MR) is 320 cm³/mol. The van der Waals surface area contributed by atoms with Crippen LogP contribution in [0, 0.1) is 0 Å².